The fraction of sp³-hybridized carbons (Fsp3) is 0.609. The SMILES string of the molecule is CCC(CC)C(=O)N1CCC(NC(=NC)NCCc2cccc(C(=O)NC)c2)CC1.I. The topological polar surface area (TPSA) is 85.8 Å². The zero-order chi connectivity index (χ0) is 21.9. The molecule has 0 aliphatic carbocycles. The van der Waals surface area contributed by atoms with Gasteiger partial charge in [-0.2, -0.15) is 0 Å². The second kappa shape index (κ2) is 14.3. The molecule has 1 aliphatic rings. The maximum atomic E-state index is 12.6. The van der Waals surface area contributed by atoms with Crippen molar-refractivity contribution in [2.75, 3.05) is 33.7 Å². The molecule has 0 unspecified atom stereocenters. The van der Waals surface area contributed by atoms with Gasteiger partial charge >= 0.3 is 0 Å². The van der Waals surface area contributed by atoms with E-state index in [1.165, 1.54) is 0 Å². The van der Waals surface area contributed by atoms with Crippen molar-refractivity contribution in [3.05, 3.63) is 35.4 Å². The predicted molar refractivity (Wildman–Crippen MR) is 137 cm³/mol. The van der Waals surface area contributed by atoms with E-state index in [2.05, 4.69) is 34.8 Å². The summed E-state index contributed by atoms with van der Waals surface area (Å²) in [7, 11) is 3.41. The van der Waals surface area contributed by atoms with Crippen LogP contribution >= 0.6 is 24.0 Å². The molecule has 2 amide bonds. The van der Waals surface area contributed by atoms with Gasteiger partial charge in [0.15, 0.2) is 5.96 Å². The molecule has 8 heteroatoms. The van der Waals surface area contributed by atoms with E-state index < -0.39 is 0 Å². The molecule has 31 heavy (non-hydrogen) atoms. The van der Waals surface area contributed by atoms with Crippen LogP contribution in [0.15, 0.2) is 29.3 Å². The van der Waals surface area contributed by atoms with Crippen LogP contribution in [0.4, 0.5) is 0 Å². The van der Waals surface area contributed by atoms with Gasteiger partial charge in [0, 0.05) is 51.3 Å². The van der Waals surface area contributed by atoms with Gasteiger partial charge in [-0.05, 0) is 49.8 Å². The quantitative estimate of drug-likeness (QED) is 0.268. The standard InChI is InChI=1S/C23H37N5O2.HI/c1-5-18(6-2)22(30)28-14-11-20(12-15-28)27-23(25-4)26-13-10-17-8-7-9-19(16-17)21(29)24-3;/h7-9,16,18,20H,5-6,10-15H2,1-4H3,(H,24,29)(H2,25,26,27);1H. The maximum absolute atomic E-state index is 12.6. The van der Waals surface area contributed by atoms with Crippen LogP contribution in [0.3, 0.4) is 0 Å². The molecular formula is C23H38IN5O2. The van der Waals surface area contributed by atoms with Gasteiger partial charge in [-0.1, -0.05) is 26.0 Å². The molecule has 1 aliphatic heterocycles. The fourth-order valence-electron chi connectivity index (χ4n) is 3.87. The summed E-state index contributed by atoms with van der Waals surface area (Å²) in [5, 5.41) is 9.49. The highest BCUT2D eigenvalue weighted by Crippen LogP contribution is 2.17. The van der Waals surface area contributed by atoms with Gasteiger partial charge in [-0.15, -0.1) is 24.0 Å². The molecule has 1 saturated heterocycles. The molecule has 0 bridgehead atoms. The molecule has 0 atom stereocenters. The number of piperidine rings is 1. The Hall–Kier alpha value is -1.84. The van der Waals surface area contributed by atoms with Crippen molar-refractivity contribution < 1.29 is 9.59 Å². The van der Waals surface area contributed by atoms with Crippen molar-refractivity contribution in [3.63, 3.8) is 0 Å². The number of aliphatic imine (C=N–C) groups is 1. The molecular weight excluding hydrogens is 505 g/mol. The third kappa shape index (κ3) is 8.31. The van der Waals surface area contributed by atoms with Crippen LogP contribution < -0.4 is 16.0 Å². The summed E-state index contributed by atoms with van der Waals surface area (Å²) in [5.74, 6) is 1.17. The number of benzene rings is 1. The Morgan fingerprint density at radius 2 is 1.87 bits per heavy atom. The number of halogens is 1. The highest BCUT2D eigenvalue weighted by Gasteiger charge is 2.26. The van der Waals surface area contributed by atoms with Crippen LogP contribution in [0.1, 0.15) is 55.5 Å². The van der Waals surface area contributed by atoms with E-state index in [9.17, 15) is 9.59 Å². The van der Waals surface area contributed by atoms with Crippen molar-refractivity contribution in [3.8, 4) is 0 Å². The van der Waals surface area contributed by atoms with Crippen LogP contribution in [0.2, 0.25) is 0 Å². The van der Waals surface area contributed by atoms with Crippen molar-refractivity contribution in [2.45, 2.75) is 52.0 Å². The molecule has 2 rings (SSSR count). The van der Waals surface area contributed by atoms with E-state index in [0.717, 1.165) is 63.3 Å². The molecule has 174 valence electrons. The van der Waals surface area contributed by atoms with Gasteiger partial charge in [0.25, 0.3) is 5.91 Å². The Bertz CT molecular complexity index is 728. The van der Waals surface area contributed by atoms with E-state index in [1.54, 1.807) is 14.1 Å². The zero-order valence-electron chi connectivity index (χ0n) is 19.2. The van der Waals surface area contributed by atoms with Crippen LogP contribution in [-0.2, 0) is 11.2 Å². The minimum absolute atomic E-state index is 0. The highest BCUT2D eigenvalue weighted by atomic mass is 127. The molecule has 0 aromatic heterocycles. The molecule has 1 fully saturated rings. The summed E-state index contributed by atoms with van der Waals surface area (Å²) < 4.78 is 0. The summed E-state index contributed by atoms with van der Waals surface area (Å²) in [6.07, 6.45) is 4.49. The molecule has 0 spiro atoms. The van der Waals surface area contributed by atoms with Gasteiger partial charge in [-0.25, -0.2) is 0 Å². The summed E-state index contributed by atoms with van der Waals surface area (Å²) in [5.41, 5.74) is 1.78. The van der Waals surface area contributed by atoms with E-state index in [4.69, 9.17) is 0 Å². The first-order valence-corrected chi connectivity index (χ1v) is 11.1. The molecule has 3 N–H and O–H groups in total. The lowest BCUT2D eigenvalue weighted by Crippen LogP contribution is -2.50. The summed E-state index contributed by atoms with van der Waals surface area (Å²) in [6.45, 7) is 6.51. The lowest BCUT2D eigenvalue weighted by Gasteiger charge is -2.34. The second-order valence-electron chi connectivity index (χ2n) is 7.79. The molecule has 1 heterocycles. The molecule has 0 radical (unpaired) electrons. The number of amides is 2. The Labute approximate surface area is 203 Å². The number of carbonyl (C=O) groups excluding carboxylic acids is 2. The average molecular weight is 543 g/mol. The van der Waals surface area contributed by atoms with Crippen molar-refractivity contribution in [1.29, 1.82) is 0 Å². The number of nitrogens with one attached hydrogen (secondary N) is 3. The maximum Gasteiger partial charge on any atom is 0.251 e. The minimum Gasteiger partial charge on any atom is -0.356 e. The Balaban J connectivity index is 0.00000480. The number of nitrogens with zero attached hydrogens (tertiary/aromatic N) is 2. The number of likely N-dealkylation sites (tertiary alicyclic amines) is 1. The van der Waals surface area contributed by atoms with Gasteiger partial charge in [0.1, 0.15) is 0 Å². The number of hydrogen-bond donors (Lipinski definition) is 3. The smallest absolute Gasteiger partial charge is 0.251 e. The van der Waals surface area contributed by atoms with Gasteiger partial charge in [-0.3, -0.25) is 14.6 Å². The monoisotopic (exact) mass is 543 g/mol. The van der Waals surface area contributed by atoms with Crippen molar-refractivity contribution in [2.24, 2.45) is 10.9 Å². The Kier molecular flexibility index (Phi) is 12.5. The molecule has 7 nitrogen and oxygen atoms in total. The average Bonchev–Trinajstić information content (AvgIpc) is 2.79. The number of guanidine groups is 1. The van der Waals surface area contributed by atoms with E-state index in [0.29, 0.717) is 17.5 Å². The lowest BCUT2D eigenvalue weighted by molar-refractivity contribution is -0.136. The summed E-state index contributed by atoms with van der Waals surface area (Å²) >= 11 is 0. The highest BCUT2D eigenvalue weighted by molar-refractivity contribution is 14.0. The van der Waals surface area contributed by atoms with Gasteiger partial charge in [0.05, 0.1) is 0 Å². The van der Waals surface area contributed by atoms with Crippen molar-refractivity contribution >= 4 is 41.8 Å². The lowest BCUT2D eigenvalue weighted by atomic mass is 9.98. The second-order valence-corrected chi connectivity index (χ2v) is 7.79. The normalized spacial score (nSPS) is 14.7. The first-order valence-electron chi connectivity index (χ1n) is 11.1. The van der Waals surface area contributed by atoms with Gasteiger partial charge < -0.3 is 20.9 Å². The largest absolute Gasteiger partial charge is 0.356 e. The molecule has 0 saturated carbocycles. The van der Waals surface area contributed by atoms with Gasteiger partial charge in [0.2, 0.25) is 5.91 Å². The number of hydrogen-bond acceptors (Lipinski definition) is 3. The molecule has 1 aromatic rings. The summed E-state index contributed by atoms with van der Waals surface area (Å²) in [4.78, 5) is 30.7. The first-order chi connectivity index (χ1) is 14.5. The Morgan fingerprint density at radius 1 is 1.19 bits per heavy atom. The number of carbonyl (C=O) groups is 2. The molecule has 1 aromatic carbocycles. The third-order valence-corrected chi connectivity index (χ3v) is 5.83. The third-order valence-electron chi connectivity index (χ3n) is 5.83. The van der Waals surface area contributed by atoms with Crippen LogP contribution in [0.5, 0.6) is 0 Å². The van der Waals surface area contributed by atoms with Crippen molar-refractivity contribution in [1.82, 2.24) is 20.9 Å². The van der Waals surface area contributed by atoms with Crippen LogP contribution in [0.25, 0.3) is 0 Å². The zero-order valence-corrected chi connectivity index (χ0v) is 21.6. The van der Waals surface area contributed by atoms with E-state index in [-0.39, 0.29) is 35.8 Å². The fourth-order valence-corrected chi connectivity index (χ4v) is 3.87. The predicted octanol–water partition coefficient (Wildman–Crippen LogP) is 2.80. The first kappa shape index (κ1) is 27.2. The van der Waals surface area contributed by atoms with Crippen LogP contribution in [0, 0.1) is 5.92 Å². The Morgan fingerprint density at radius 3 is 2.45 bits per heavy atom. The number of rotatable bonds is 8. The van der Waals surface area contributed by atoms with Crippen LogP contribution in [-0.4, -0.2) is 62.4 Å². The minimum atomic E-state index is -0.0729. The summed E-state index contributed by atoms with van der Waals surface area (Å²) in [6, 6.07) is 7.99. The van der Waals surface area contributed by atoms with E-state index >= 15 is 0 Å². The van der Waals surface area contributed by atoms with E-state index in [1.807, 2.05) is 29.2 Å².